The lowest BCUT2D eigenvalue weighted by atomic mass is 9.84. The number of nitrogens with two attached hydrogens (primary N) is 1. The number of hydrogen-bond donors (Lipinski definition) is 2. The average Bonchev–Trinajstić information content (AvgIpc) is 2.95. The molecule has 2 aromatic rings. The summed E-state index contributed by atoms with van der Waals surface area (Å²) in [7, 11) is 0. The van der Waals surface area contributed by atoms with Crippen LogP contribution in [0.2, 0.25) is 0 Å². The molecule has 0 unspecified atom stereocenters. The van der Waals surface area contributed by atoms with Gasteiger partial charge in [0.1, 0.15) is 0 Å². The van der Waals surface area contributed by atoms with Crippen molar-refractivity contribution in [2.75, 3.05) is 11.1 Å². The van der Waals surface area contributed by atoms with Crippen LogP contribution in [0.1, 0.15) is 54.1 Å². The Bertz CT molecular complexity index is 627. The van der Waals surface area contributed by atoms with Crippen LogP contribution in [0.3, 0.4) is 0 Å². The average molecular weight is 284 g/mol. The summed E-state index contributed by atoms with van der Waals surface area (Å²) in [4.78, 5) is 12.1. The first-order chi connectivity index (χ1) is 10.2. The molecule has 0 aliphatic heterocycles. The van der Waals surface area contributed by atoms with E-state index >= 15 is 0 Å². The quantitative estimate of drug-likeness (QED) is 0.889. The van der Waals surface area contributed by atoms with Gasteiger partial charge in [-0.15, -0.1) is 0 Å². The van der Waals surface area contributed by atoms with Gasteiger partial charge >= 0.3 is 0 Å². The van der Waals surface area contributed by atoms with E-state index in [0.29, 0.717) is 5.92 Å². The molecule has 3 N–H and O–H groups in total. The molecule has 1 aliphatic carbocycles. The highest BCUT2D eigenvalue weighted by Crippen LogP contribution is 2.33. The molecule has 1 saturated carbocycles. The molecular weight excluding hydrogens is 264 g/mol. The highest BCUT2D eigenvalue weighted by Gasteiger charge is 2.16. The van der Waals surface area contributed by atoms with E-state index in [-0.39, 0.29) is 17.6 Å². The van der Waals surface area contributed by atoms with Gasteiger partial charge in [-0.25, -0.2) is 0 Å². The Balaban J connectivity index is 1.72. The third-order valence-corrected chi connectivity index (χ3v) is 4.07. The van der Waals surface area contributed by atoms with Gasteiger partial charge in [0.25, 0.3) is 5.91 Å². The number of nitrogen functional groups attached to an aromatic ring is 1. The fourth-order valence-electron chi connectivity index (χ4n) is 2.97. The highest BCUT2D eigenvalue weighted by molar-refractivity contribution is 6.02. The Morgan fingerprint density at radius 3 is 2.67 bits per heavy atom. The lowest BCUT2D eigenvalue weighted by Gasteiger charge is -2.22. The maximum Gasteiger partial charge on any atom is 0.291 e. The van der Waals surface area contributed by atoms with Crippen molar-refractivity contribution < 1.29 is 9.21 Å². The molecule has 1 aromatic carbocycles. The summed E-state index contributed by atoms with van der Waals surface area (Å²) in [6.45, 7) is 0. The molecule has 1 aliphatic rings. The number of nitrogens with one attached hydrogen (secondary N) is 1. The van der Waals surface area contributed by atoms with Gasteiger partial charge in [-0.05, 0) is 42.5 Å². The van der Waals surface area contributed by atoms with Crippen molar-refractivity contribution in [3.63, 3.8) is 0 Å². The number of hydrogen-bond acceptors (Lipinski definition) is 3. The topological polar surface area (TPSA) is 68.3 Å². The molecule has 3 rings (SSSR count). The fourth-order valence-corrected chi connectivity index (χ4v) is 2.97. The van der Waals surface area contributed by atoms with Gasteiger partial charge in [0.15, 0.2) is 11.6 Å². The summed E-state index contributed by atoms with van der Waals surface area (Å²) in [5.41, 5.74) is 7.60. The minimum Gasteiger partial charge on any atom is -0.436 e. The Labute approximate surface area is 124 Å². The smallest absolute Gasteiger partial charge is 0.291 e. The molecule has 0 atom stereocenters. The zero-order chi connectivity index (χ0) is 14.7. The molecule has 21 heavy (non-hydrogen) atoms. The SMILES string of the molecule is Nc1ccc(C(=O)Nc2cccc(C3CCCCC3)c2)o1. The molecule has 1 amide bonds. The summed E-state index contributed by atoms with van der Waals surface area (Å²) < 4.78 is 5.13. The van der Waals surface area contributed by atoms with Crippen LogP contribution in [0.25, 0.3) is 0 Å². The molecule has 4 heteroatoms. The van der Waals surface area contributed by atoms with Crippen molar-refractivity contribution in [1.29, 1.82) is 0 Å². The summed E-state index contributed by atoms with van der Waals surface area (Å²) >= 11 is 0. The fraction of sp³-hybridized carbons (Fsp3) is 0.353. The second-order valence-electron chi connectivity index (χ2n) is 5.62. The standard InChI is InChI=1S/C17H20N2O2/c18-16-10-9-15(21-16)17(20)19-14-8-4-7-13(11-14)12-5-2-1-3-6-12/h4,7-12H,1-3,5-6,18H2,(H,19,20). The molecule has 1 aromatic heterocycles. The monoisotopic (exact) mass is 284 g/mol. The molecule has 4 nitrogen and oxygen atoms in total. The summed E-state index contributed by atoms with van der Waals surface area (Å²) in [6.07, 6.45) is 6.42. The maximum atomic E-state index is 12.1. The largest absolute Gasteiger partial charge is 0.436 e. The van der Waals surface area contributed by atoms with Crippen LogP contribution in [-0.4, -0.2) is 5.91 Å². The minimum atomic E-state index is -0.271. The predicted octanol–water partition coefficient (Wildman–Crippen LogP) is 4.16. The Morgan fingerprint density at radius 2 is 1.95 bits per heavy atom. The number of benzene rings is 1. The van der Waals surface area contributed by atoms with Crippen LogP contribution in [0.4, 0.5) is 11.6 Å². The third-order valence-electron chi connectivity index (χ3n) is 4.07. The molecule has 1 heterocycles. The first kappa shape index (κ1) is 13.7. The normalized spacial score (nSPS) is 15.8. The van der Waals surface area contributed by atoms with Gasteiger partial charge in [0.05, 0.1) is 0 Å². The van der Waals surface area contributed by atoms with Crippen LogP contribution in [-0.2, 0) is 0 Å². The van der Waals surface area contributed by atoms with E-state index in [1.807, 2.05) is 12.1 Å². The Hall–Kier alpha value is -2.23. The number of rotatable bonds is 3. The molecule has 110 valence electrons. The van der Waals surface area contributed by atoms with Crippen LogP contribution in [0.5, 0.6) is 0 Å². The predicted molar refractivity (Wildman–Crippen MR) is 83.3 cm³/mol. The van der Waals surface area contributed by atoms with Crippen molar-refractivity contribution in [2.45, 2.75) is 38.0 Å². The van der Waals surface area contributed by atoms with E-state index in [4.69, 9.17) is 10.2 Å². The van der Waals surface area contributed by atoms with E-state index in [1.165, 1.54) is 37.7 Å². The molecule has 1 fully saturated rings. The van der Waals surface area contributed by atoms with Gasteiger partial charge in [0, 0.05) is 11.8 Å². The number of carbonyl (C=O) groups is 1. The van der Waals surface area contributed by atoms with Crippen molar-refractivity contribution in [1.82, 2.24) is 0 Å². The van der Waals surface area contributed by atoms with Crippen molar-refractivity contribution in [3.05, 3.63) is 47.7 Å². The summed E-state index contributed by atoms with van der Waals surface area (Å²) in [5.74, 6) is 0.828. The molecule has 0 bridgehead atoms. The zero-order valence-electron chi connectivity index (χ0n) is 12.0. The molecule has 0 saturated heterocycles. The Morgan fingerprint density at radius 1 is 1.14 bits per heavy atom. The first-order valence-electron chi connectivity index (χ1n) is 7.49. The van der Waals surface area contributed by atoms with Gasteiger partial charge in [-0.3, -0.25) is 4.79 Å². The van der Waals surface area contributed by atoms with Gasteiger partial charge < -0.3 is 15.5 Å². The minimum absolute atomic E-state index is 0.232. The van der Waals surface area contributed by atoms with Crippen molar-refractivity contribution in [3.8, 4) is 0 Å². The van der Waals surface area contributed by atoms with E-state index < -0.39 is 0 Å². The van der Waals surface area contributed by atoms with Crippen LogP contribution in [0.15, 0.2) is 40.8 Å². The van der Waals surface area contributed by atoms with Crippen molar-refractivity contribution >= 4 is 17.5 Å². The second kappa shape index (κ2) is 6.04. The second-order valence-corrected chi connectivity index (χ2v) is 5.62. The van der Waals surface area contributed by atoms with Crippen molar-refractivity contribution in [2.24, 2.45) is 0 Å². The highest BCUT2D eigenvalue weighted by atomic mass is 16.4. The van der Waals surface area contributed by atoms with E-state index in [2.05, 4.69) is 17.4 Å². The first-order valence-corrected chi connectivity index (χ1v) is 7.49. The summed E-state index contributed by atoms with van der Waals surface area (Å²) in [5, 5.41) is 2.86. The van der Waals surface area contributed by atoms with Gasteiger partial charge in [0.2, 0.25) is 0 Å². The lowest BCUT2D eigenvalue weighted by Crippen LogP contribution is -2.11. The lowest BCUT2D eigenvalue weighted by molar-refractivity contribution is 0.0997. The van der Waals surface area contributed by atoms with E-state index in [9.17, 15) is 4.79 Å². The van der Waals surface area contributed by atoms with Gasteiger partial charge in [-0.1, -0.05) is 31.4 Å². The van der Waals surface area contributed by atoms with Crippen LogP contribution < -0.4 is 11.1 Å². The van der Waals surface area contributed by atoms with Crippen LogP contribution in [0, 0.1) is 0 Å². The molecular formula is C17H20N2O2. The van der Waals surface area contributed by atoms with Gasteiger partial charge in [-0.2, -0.15) is 0 Å². The number of anilines is 2. The number of furan rings is 1. The molecule has 0 spiro atoms. The van der Waals surface area contributed by atoms with Crippen LogP contribution >= 0.6 is 0 Å². The number of carbonyl (C=O) groups excluding carboxylic acids is 1. The van der Waals surface area contributed by atoms with E-state index in [0.717, 1.165) is 5.69 Å². The zero-order valence-corrected chi connectivity index (χ0v) is 12.0. The molecule has 0 radical (unpaired) electrons. The maximum absolute atomic E-state index is 12.1. The number of amides is 1. The third kappa shape index (κ3) is 3.27. The summed E-state index contributed by atoms with van der Waals surface area (Å²) in [6, 6.07) is 11.3. The van der Waals surface area contributed by atoms with E-state index in [1.54, 1.807) is 12.1 Å². The Kier molecular flexibility index (Phi) is 3.95.